The van der Waals surface area contributed by atoms with E-state index in [0.29, 0.717) is 19.4 Å². The number of hydrogen-bond donors (Lipinski definition) is 9. The van der Waals surface area contributed by atoms with E-state index in [1.807, 2.05) is 0 Å². The maximum Gasteiger partial charge on any atom is 0.326 e. The molecule has 14 nitrogen and oxygen atoms in total. The number of aliphatic hydroxyl groups is 2. The van der Waals surface area contributed by atoms with E-state index in [-0.39, 0.29) is 19.3 Å². The first kappa shape index (κ1) is 29.2. The van der Waals surface area contributed by atoms with Gasteiger partial charge in [-0.25, -0.2) is 4.79 Å². The molecular weight excluding hydrogens is 428 g/mol. The predicted octanol–water partition coefficient (Wildman–Crippen LogP) is -4.38. The van der Waals surface area contributed by atoms with Crippen LogP contribution >= 0.6 is 0 Å². The van der Waals surface area contributed by atoms with Crippen LogP contribution < -0.4 is 33.2 Å². The second kappa shape index (κ2) is 15.1. The fourth-order valence-electron chi connectivity index (χ4n) is 2.59. The number of nitrogens with two attached hydrogens (primary N) is 3. The highest BCUT2D eigenvalue weighted by atomic mass is 16.4. The van der Waals surface area contributed by atoms with Crippen LogP contribution in [0.15, 0.2) is 0 Å². The molecule has 0 fully saturated rings. The van der Waals surface area contributed by atoms with Crippen LogP contribution in [0.2, 0.25) is 0 Å². The molecule has 5 unspecified atom stereocenters. The number of rotatable bonds is 16. The van der Waals surface area contributed by atoms with Gasteiger partial charge in [0.25, 0.3) is 0 Å². The molecule has 184 valence electrons. The molecule has 0 aliphatic rings. The van der Waals surface area contributed by atoms with Crippen molar-refractivity contribution >= 4 is 29.6 Å². The standard InChI is InChI=1S/C18H34N6O8/c1-9(26)14(17(30)23-12(18(31)32)5-6-13(21)27)24-16(29)11(4-2-3-7-19)22-15(28)10(20)8-25/h9-12,14,25-26H,2-8,19-20H2,1H3,(H2,21,27)(H,22,28)(H,23,30)(H,24,29)(H,31,32). The Morgan fingerprint density at radius 1 is 0.906 bits per heavy atom. The van der Waals surface area contributed by atoms with Gasteiger partial charge in [-0.1, -0.05) is 0 Å². The van der Waals surface area contributed by atoms with E-state index >= 15 is 0 Å². The van der Waals surface area contributed by atoms with E-state index < -0.39 is 66.5 Å². The van der Waals surface area contributed by atoms with Gasteiger partial charge in [-0.2, -0.15) is 0 Å². The Labute approximate surface area is 185 Å². The first-order valence-corrected chi connectivity index (χ1v) is 10.1. The first-order valence-electron chi connectivity index (χ1n) is 10.1. The van der Waals surface area contributed by atoms with Gasteiger partial charge in [0.1, 0.15) is 24.2 Å². The largest absolute Gasteiger partial charge is 0.480 e. The van der Waals surface area contributed by atoms with Crippen molar-refractivity contribution in [3.63, 3.8) is 0 Å². The summed E-state index contributed by atoms with van der Waals surface area (Å²) < 4.78 is 0. The maximum atomic E-state index is 12.7. The van der Waals surface area contributed by atoms with Gasteiger partial charge in [-0.05, 0) is 39.2 Å². The third-order valence-electron chi connectivity index (χ3n) is 4.47. The van der Waals surface area contributed by atoms with Crippen molar-refractivity contribution in [2.75, 3.05) is 13.2 Å². The van der Waals surface area contributed by atoms with Crippen LogP contribution in [-0.4, -0.2) is 88.3 Å². The Kier molecular flexibility index (Phi) is 13.7. The number of carbonyl (C=O) groups excluding carboxylic acids is 4. The van der Waals surface area contributed by atoms with Crippen LogP contribution in [0.1, 0.15) is 39.0 Å². The fourth-order valence-corrected chi connectivity index (χ4v) is 2.59. The van der Waals surface area contributed by atoms with E-state index in [0.717, 1.165) is 0 Å². The summed E-state index contributed by atoms with van der Waals surface area (Å²) >= 11 is 0. The minimum absolute atomic E-state index is 0.136. The number of aliphatic hydroxyl groups excluding tert-OH is 2. The smallest absolute Gasteiger partial charge is 0.326 e. The van der Waals surface area contributed by atoms with Crippen molar-refractivity contribution in [1.29, 1.82) is 0 Å². The van der Waals surface area contributed by atoms with Gasteiger partial charge in [0, 0.05) is 6.42 Å². The molecule has 0 aromatic rings. The number of carbonyl (C=O) groups is 5. The maximum absolute atomic E-state index is 12.7. The molecule has 0 aliphatic carbocycles. The summed E-state index contributed by atoms with van der Waals surface area (Å²) in [5.41, 5.74) is 15.9. The van der Waals surface area contributed by atoms with E-state index in [4.69, 9.17) is 22.3 Å². The minimum Gasteiger partial charge on any atom is -0.480 e. The average Bonchev–Trinajstić information content (AvgIpc) is 2.72. The first-order chi connectivity index (χ1) is 14.9. The Morgan fingerprint density at radius 3 is 1.97 bits per heavy atom. The third-order valence-corrected chi connectivity index (χ3v) is 4.47. The van der Waals surface area contributed by atoms with Crippen LogP contribution in [-0.2, 0) is 24.0 Å². The lowest BCUT2D eigenvalue weighted by atomic mass is 10.1. The number of hydrogen-bond acceptors (Lipinski definition) is 9. The molecule has 0 aromatic heterocycles. The van der Waals surface area contributed by atoms with E-state index in [2.05, 4.69) is 16.0 Å². The van der Waals surface area contributed by atoms with E-state index in [1.54, 1.807) is 0 Å². The summed E-state index contributed by atoms with van der Waals surface area (Å²) in [6, 6.07) is -5.45. The highest BCUT2D eigenvalue weighted by Gasteiger charge is 2.32. The van der Waals surface area contributed by atoms with Gasteiger partial charge < -0.3 is 48.5 Å². The monoisotopic (exact) mass is 462 g/mol. The van der Waals surface area contributed by atoms with Gasteiger partial charge in [0.2, 0.25) is 23.6 Å². The lowest BCUT2D eigenvalue weighted by Crippen LogP contribution is -2.60. The minimum atomic E-state index is -1.56. The van der Waals surface area contributed by atoms with Gasteiger partial charge in [0.05, 0.1) is 12.7 Å². The summed E-state index contributed by atoms with van der Waals surface area (Å²) in [6.45, 7) is 0.899. The summed E-state index contributed by atoms with van der Waals surface area (Å²) in [6.07, 6.45) is -0.881. The number of aliphatic carboxylic acids is 1. The molecule has 5 atom stereocenters. The number of carboxylic acid groups (broad SMARTS) is 1. The number of nitrogens with one attached hydrogen (secondary N) is 3. The average molecular weight is 463 g/mol. The zero-order chi connectivity index (χ0) is 24.8. The molecule has 0 saturated carbocycles. The highest BCUT2D eigenvalue weighted by molar-refractivity contribution is 5.94. The normalized spacial score (nSPS) is 15.5. The molecule has 0 aliphatic heterocycles. The van der Waals surface area contributed by atoms with Crippen molar-refractivity contribution in [1.82, 2.24) is 16.0 Å². The Morgan fingerprint density at radius 2 is 1.50 bits per heavy atom. The van der Waals surface area contributed by atoms with Crippen molar-refractivity contribution in [2.45, 2.75) is 69.3 Å². The molecule has 4 amide bonds. The van der Waals surface area contributed by atoms with Crippen LogP contribution in [0.4, 0.5) is 0 Å². The Hall–Kier alpha value is -2.81. The summed E-state index contributed by atoms with van der Waals surface area (Å²) in [5.74, 6) is -4.83. The van der Waals surface area contributed by atoms with Gasteiger partial charge in [0.15, 0.2) is 0 Å². The molecule has 0 rings (SSSR count). The lowest BCUT2D eigenvalue weighted by molar-refractivity contribution is -0.143. The topological polar surface area (TPSA) is 260 Å². The van der Waals surface area contributed by atoms with Gasteiger partial charge in [-0.15, -0.1) is 0 Å². The third kappa shape index (κ3) is 11.0. The molecule has 32 heavy (non-hydrogen) atoms. The van der Waals surface area contributed by atoms with Crippen LogP contribution in [0.5, 0.6) is 0 Å². The van der Waals surface area contributed by atoms with Crippen molar-refractivity contribution in [2.24, 2.45) is 17.2 Å². The number of amides is 4. The number of carboxylic acids is 1. The predicted molar refractivity (Wildman–Crippen MR) is 112 cm³/mol. The van der Waals surface area contributed by atoms with E-state index in [9.17, 15) is 34.2 Å². The van der Waals surface area contributed by atoms with E-state index in [1.165, 1.54) is 6.92 Å². The molecule has 12 N–H and O–H groups in total. The molecule has 0 bridgehead atoms. The molecule has 0 heterocycles. The molecule has 0 spiro atoms. The Bertz CT molecular complexity index is 659. The SMILES string of the molecule is CC(O)C(NC(=O)C(CCCCN)NC(=O)C(N)CO)C(=O)NC(CCC(N)=O)C(=O)O. The molecule has 14 heteroatoms. The summed E-state index contributed by atoms with van der Waals surface area (Å²) in [4.78, 5) is 59.4. The van der Waals surface area contributed by atoms with Crippen molar-refractivity contribution < 1.29 is 39.3 Å². The molecule has 0 saturated heterocycles. The molecular formula is C18H34N6O8. The van der Waals surface area contributed by atoms with Crippen LogP contribution in [0, 0.1) is 0 Å². The number of unbranched alkanes of at least 4 members (excludes halogenated alkanes) is 1. The highest BCUT2D eigenvalue weighted by Crippen LogP contribution is 2.05. The zero-order valence-electron chi connectivity index (χ0n) is 18.0. The van der Waals surface area contributed by atoms with Gasteiger partial charge >= 0.3 is 5.97 Å². The molecule has 0 aromatic carbocycles. The quantitative estimate of drug-likeness (QED) is 0.0994. The number of primary amides is 1. The Balaban J connectivity index is 5.36. The van der Waals surface area contributed by atoms with Crippen molar-refractivity contribution in [3.8, 4) is 0 Å². The summed E-state index contributed by atoms with van der Waals surface area (Å²) in [5, 5.41) is 35.0. The van der Waals surface area contributed by atoms with Crippen LogP contribution in [0.25, 0.3) is 0 Å². The fraction of sp³-hybridized carbons (Fsp3) is 0.722. The second-order valence-electron chi connectivity index (χ2n) is 7.27. The lowest BCUT2D eigenvalue weighted by Gasteiger charge is -2.26. The van der Waals surface area contributed by atoms with Gasteiger partial charge in [-0.3, -0.25) is 19.2 Å². The molecule has 0 radical (unpaired) electrons. The summed E-state index contributed by atoms with van der Waals surface area (Å²) in [7, 11) is 0. The zero-order valence-corrected chi connectivity index (χ0v) is 18.0. The second-order valence-corrected chi connectivity index (χ2v) is 7.27. The van der Waals surface area contributed by atoms with Crippen LogP contribution in [0.3, 0.4) is 0 Å². The van der Waals surface area contributed by atoms with Crippen molar-refractivity contribution in [3.05, 3.63) is 0 Å².